The van der Waals surface area contributed by atoms with Gasteiger partial charge in [0.2, 0.25) is 0 Å². The molecule has 17 heavy (non-hydrogen) atoms. The predicted octanol–water partition coefficient (Wildman–Crippen LogP) is 4.72. The summed E-state index contributed by atoms with van der Waals surface area (Å²) in [6, 6.07) is 2.69. The zero-order valence-corrected chi connectivity index (χ0v) is 11.4. The molecule has 0 aliphatic heterocycles. The standard InChI is InChI=1S/C13H16BrF2N/c1-8-2-4-9(5-3-8)17-13-6-10(14)11(15)7-12(13)16/h6-9,17H,2-5H2,1H3. The van der Waals surface area contributed by atoms with Crippen molar-refractivity contribution in [2.24, 2.45) is 5.92 Å². The Morgan fingerprint density at radius 1 is 1.12 bits per heavy atom. The van der Waals surface area contributed by atoms with Crippen LogP contribution in [0, 0.1) is 17.6 Å². The molecule has 0 heterocycles. The highest BCUT2D eigenvalue weighted by Crippen LogP contribution is 2.29. The molecule has 1 aromatic carbocycles. The number of anilines is 1. The van der Waals surface area contributed by atoms with E-state index >= 15 is 0 Å². The molecule has 1 N–H and O–H groups in total. The fourth-order valence-corrected chi connectivity index (χ4v) is 2.60. The van der Waals surface area contributed by atoms with E-state index < -0.39 is 11.6 Å². The molecule has 1 fully saturated rings. The van der Waals surface area contributed by atoms with E-state index in [-0.39, 0.29) is 0 Å². The van der Waals surface area contributed by atoms with Gasteiger partial charge in [-0.15, -0.1) is 0 Å². The van der Waals surface area contributed by atoms with Crippen LogP contribution in [0.5, 0.6) is 0 Å². The van der Waals surface area contributed by atoms with Crippen molar-refractivity contribution in [2.45, 2.75) is 38.6 Å². The Kier molecular flexibility index (Phi) is 4.02. The van der Waals surface area contributed by atoms with Crippen LogP contribution in [0.1, 0.15) is 32.6 Å². The summed E-state index contributed by atoms with van der Waals surface area (Å²) in [7, 11) is 0. The third-order valence-corrected chi connectivity index (χ3v) is 3.99. The van der Waals surface area contributed by atoms with Gasteiger partial charge in [-0.3, -0.25) is 0 Å². The Bertz CT molecular complexity index is 401. The predicted molar refractivity (Wildman–Crippen MR) is 69.1 cm³/mol. The third-order valence-electron chi connectivity index (χ3n) is 3.39. The Labute approximate surface area is 109 Å². The summed E-state index contributed by atoms with van der Waals surface area (Å²) in [4.78, 5) is 0. The van der Waals surface area contributed by atoms with Crippen LogP contribution >= 0.6 is 15.9 Å². The van der Waals surface area contributed by atoms with Gasteiger partial charge in [0.15, 0.2) is 0 Å². The molecule has 0 spiro atoms. The van der Waals surface area contributed by atoms with Crippen LogP contribution in [0.15, 0.2) is 16.6 Å². The maximum Gasteiger partial charge on any atom is 0.149 e. The highest BCUT2D eigenvalue weighted by molar-refractivity contribution is 9.10. The molecule has 2 rings (SSSR count). The normalized spacial score (nSPS) is 24.7. The monoisotopic (exact) mass is 303 g/mol. The van der Waals surface area contributed by atoms with Gasteiger partial charge in [0, 0.05) is 12.1 Å². The summed E-state index contributed by atoms with van der Waals surface area (Å²) in [6.07, 6.45) is 4.44. The minimum absolute atomic E-state index is 0.297. The summed E-state index contributed by atoms with van der Waals surface area (Å²) >= 11 is 3.07. The van der Waals surface area contributed by atoms with Crippen molar-refractivity contribution in [3.63, 3.8) is 0 Å². The molecule has 1 aliphatic rings. The number of rotatable bonds is 2. The number of nitrogens with one attached hydrogen (secondary N) is 1. The Morgan fingerprint density at radius 2 is 1.76 bits per heavy atom. The molecule has 0 radical (unpaired) electrons. The van der Waals surface area contributed by atoms with E-state index in [1.807, 2.05) is 0 Å². The van der Waals surface area contributed by atoms with Crippen molar-refractivity contribution >= 4 is 21.6 Å². The fraction of sp³-hybridized carbons (Fsp3) is 0.538. The van der Waals surface area contributed by atoms with Crippen molar-refractivity contribution in [1.82, 2.24) is 0 Å². The number of benzene rings is 1. The molecular weight excluding hydrogens is 288 g/mol. The van der Waals surface area contributed by atoms with Crippen molar-refractivity contribution < 1.29 is 8.78 Å². The first-order chi connectivity index (χ1) is 8.06. The largest absolute Gasteiger partial charge is 0.380 e. The number of hydrogen-bond donors (Lipinski definition) is 1. The Balaban J connectivity index is 2.06. The molecule has 0 aromatic heterocycles. The number of halogens is 3. The minimum Gasteiger partial charge on any atom is -0.380 e. The lowest BCUT2D eigenvalue weighted by molar-refractivity contribution is 0.360. The molecule has 94 valence electrons. The first kappa shape index (κ1) is 12.8. The molecule has 4 heteroatoms. The van der Waals surface area contributed by atoms with Gasteiger partial charge in [0.05, 0.1) is 10.2 Å². The van der Waals surface area contributed by atoms with Gasteiger partial charge >= 0.3 is 0 Å². The van der Waals surface area contributed by atoms with Gasteiger partial charge in [-0.1, -0.05) is 6.92 Å². The molecule has 0 atom stereocenters. The molecule has 1 aromatic rings. The van der Waals surface area contributed by atoms with Crippen molar-refractivity contribution in [3.8, 4) is 0 Å². The summed E-state index contributed by atoms with van der Waals surface area (Å²) < 4.78 is 26.9. The average Bonchev–Trinajstić information content (AvgIpc) is 2.29. The SMILES string of the molecule is CC1CCC(Nc2cc(Br)c(F)cc2F)CC1. The minimum atomic E-state index is -0.565. The van der Waals surface area contributed by atoms with Gasteiger partial charge < -0.3 is 5.32 Å². The number of hydrogen-bond acceptors (Lipinski definition) is 1. The first-order valence-electron chi connectivity index (χ1n) is 5.97. The van der Waals surface area contributed by atoms with Gasteiger partial charge in [-0.05, 0) is 53.6 Å². The lowest BCUT2D eigenvalue weighted by Gasteiger charge is -2.28. The lowest BCUT2D eigenvalue weighted by atomic mass is 9.87. The first-order valence-corrected chi connectivity index (χ1v) is 6.76. The van der Waals surface area contributed by atoms with Crippen molar-refractivity contribution in [1.29, 1.82) is 0 Å². The second kappa shape index (κ2) is 5.34. The zero-order valence-electron chi connectivity index (χ0n) is 9.77. The van der Waals surface area contributed by atoms with Crippen LogP contribution in [-0.2, 0) is 0 Å². The maximum atomic E-state index is 13.5. The molecule has 0 unspecified atom stereocenters. The van der Waals surface area contributed by atoms with Crippen molar-refractivity contribution in [3.05, 3.63) is 28.2 Å². The lowest BCUT2D eigenvalue weighted by Crippen LogP contribution is -2.25. The van der Waals surface area contributed by atoms with E-state index in [1.165, 1.54) is 18.9 Å². The second-order valence-electron chi connectivity index (χ2n) is 4.85. The average molecular weight is 304 g/mol. The zero-order chi connectivity index (χ0) is 12.4. The summed E-state index contributed by atoms with van der Waals surface area (Å²) in [5.41, 5.74) is 0.387. The van der Waals surface area contributed by atoms with Gasteiger partial charge in [-0.2, -0.15) is 0 Å². The summed E-state index contributed by atoms with van der Waals surface area (Å²) in [6.45, 7) is 2.24. The highest BCUT2D eigenvalue weighted by atomic mass is 79.9. The molecule has 0 amide bonds. The maximum absolute atomic E-state index is 13.5. The van der Waals surface area contributed by atoms with E-state index in [4.69, 9.17) is 0 Å². The van der Waals surface area contributed by atoms with Gasteiger partial charge in [-0.25, -0.2) is 8.78 Å². The van der Waals surface area contributed by atoms with Crippen LogP contribution in [0.25, 0.3) is 0 Å². The van der Waals surface area contributed by atoms with Crippen LogP contribution < -0.4 is 5.32 Å². The van der Waals surface area contributed by atoms with Crippen LogP contribution in [0.2, 0.25) is 0 Å². The molecule has 1 aliphatic carbocycles. The Morgan fingerprint density at radius 3 is 2.41 bits per heavy atom. The van der Waals surface area contributed by atoms with Crippen LogP contribution in [-0.4, -0.2) is 6.04 Å². The topological polar surface area (TPSA) is 12.0 Å². The molecular formula is C13H16BrF2N. The summed E-state index contributed by atoms with van der Waals surface area (Å²) in [5, 5.41) is 3.17. The Hall–Kier alpha value is -0.640. The fourth-order valence-electron chi connectivity index (χ4n) is 2.26. The van der Waals surface area contributed by atoms with Crippen LogP contribution in [0.4, 0.5) is 14.5 Å². The molecule has 0 saturated heterocycles. The highest BCUT2D eigenvalue weighted by Gasteiger charge is 2.19. The van der Waals surface area contributed by atoms with Crippen molar-refractivity contribution in [2.75, 3.05) is 5.32 Å². The molecule has 1 nitrogen and oxygen atoms in total. The smallest absolute Gasteiger partial charge is 0.149 e. The van der Waals surface area contributed by atoms with Crippen LogP contribution in [0.3, 0.4) is 0 Å². The summed E-state index contributed by atoms with van der Waals surface area (Å²) in [5.74, 6) is -0.326. The van der Waals surface area contributed by atoms with E-state index in [0.29, 0.717) is 16.2 Å². The van der Waals surface area contributed by atoms with E-state index in [9.17, 15) is 8.78 Å². The van der Waals surface area contributed by atoms with Gasteiger partial charge in [0.1, 0.15) is 11.6 Å². The second-order valence-corrected chi connectivity index (χ2v) is 5.70. The molecule has 0 bridgehead atoms. The van der Waals surface area contributed by atoms with E-state index in [1.54, 1.807) is 0 Å². The van der Waals surface area contributed by atoms with E-state index in [2.05, 4.69) is 28.2 Å². The molecule has 1 saturated carbocycles. The van der Waals surface area contributed by atoms with Gasteiger partial charge in [0.25, 0.3) is 0 Å². The third kappa shape index (κ3) is 3.18. The quantitative estimate of drug-likeness (QED) is 0.780. The van der Waals surface area contributed by atoms with E-state index in [0.717, 1.165) is 24.8 Å².